The number of ether oxygens (including phenoxy) is 2. The summed E-state index contributed by atoms with van der Waals surface area (Å²) in [4.78, 5) is -0.00107. The Bertz CT molecular complexity index is 966. The summed E-state index contributed by atoms with van der Waals surface area (Å²) in [6.07, 6.45) is 1.34. The number of sulfonamides is 1. The molecule has 1 aromatic carbocycles. The molecule has 2 aromatic rings. The first-order chi connectivity index (χ1) is 12.3. The van der Waals surface area contributed by atoms with Crippen LogP contribution < -0.4 is 14.2 Å². The van der Waals surface area contributed by atoms with Crippen molar-refractivity contribution < 1.29 is 30.7 Å². The van der Waals surface area contributed by atoms with Gasteiger partial charge in [-0.2, -0.15) is 0 Å². The van der Waals surface area contributed by atoms with Crippen LogP contribution in [0.1, 0.15) is 17.9 Å². The molecule has 1 N–H and O–H groups in total. The van der Waals surface area contributed by atoms with E-state index in [0.29, 0.717) is 24.7 Å². The zero-order valence-corrected chi connectivity index (χ0v) is 15.7. The molecular weight excluding hydrogens is 382 g/mol. The van der Waals surface area contributed by atoms with E-state index in [0.717, 1.165) is 0 Å². The van der Waals surface area contributed by atoms with E-state index in [-0.39, 0.29) is 23.0 Å². The van der Waals surface area contributed by atoms with Crippen molar-refractivity contribution in [3.8, 4) is 11.5 Å². The predicted molar refractivity (Wildman–Crippen MR) is 93.5 cm³/mol. The highest BCUT2D eigenvalue weighted by atomic mass is 32.2. The molecule has 10 heteroatoms. The Labute approximate surface area is 152 Å². The molecule has 8 nitrogen and oxygen atoms in total. The largest absolute Gasteiger partial charge is 0.486 e. The molecule has 0 aliphatic carbocycles. The molecule has 0 fully saturated rings. The highest BCUT2D eigenvalue weighted by molar-refractivity contribution is 7.92. The van der Waals surface area contributed by atoms with E-state index < -0.39 is 25.1 Å². The summed E-state index contributed by atoms with van der Waals surface area (Å²) in [6.45, 7) is 1.86. The van der Waals surface area contributed by atoms with Crippen LogP contribution in [0.15, 0.2) is 45.9 Å². The van der Waals surface area contributed by atoms with E-state index >= 15 is 0 Å². The van der Waals surface area contributed by atoms with Crippen molar-refractivity contribution >= 4 is 19.9 Å². The second-order valence-corrected chi connectivity index (χ2v) is 9.83. The number of hydrogen-bond acceptors (Lipinski definition) is 7. The Morgan fingerprint density at radius 1 is 1.08 bits per heavy atom. The van der Waals surface area contributed by atoms with Gasteiger partial charge in [-0.3, -0.25) is 0 Å². The van der Waals surface area contributed by atoms with Crippen LogP contribution >= 0.6 is 0 Å². The van der Waals surface area contributed by atoms with Gasteiger partial charge < -0.3 is 13.9 Å². The highest BCUT2D eigenvalue weighted by Gasteiger charge is 2.33. The molecular formula is C16H19NO7S2. The maximum absolute atomic E-state index is 13.1. The minimum atomic E-state index is -3.94. The molecule has 1 atom stereocenters. The minimum Gasteiger partial charge on any atom is -0.486 e. The van der Waals surface area contributed by atoms with Crippen LogP contribution in [0.3, 0.4) is 0 Å². The second kappa shape index (κ2) is 7.29. The molecule has 26 heavy (non-hydrogen) atoms. The summed E-state index contributed by atoms with van der Waals surface area (Å²) in [7, 11) is -7.51. The van der Waals surface area contributed by atoms with Gasteiger partial charge in [0.15, 0.2) is 21.3 Å². The third-order valence-electron chi connectivity index (χ3n) is 3.95. The molecule has 0 radical (unpaired) electrons. The fourth-order valence-corrected chi connectivity index (χ4v) is 4.84. The molecule has 2 heterocycles. The predicted octanol–water partition coefficient (Wildman–Crippen LogP) is 1.51. The maximum Gasteiger partial charge on any atom is 0.211 e. The highest BCUT2D eigenvalue weighted by Crippen LogP contribution is 2.36. The van der Waals surface area contributed by atoms with Gasteiger partial charge in [-0.15, -0.1) is 0 Å². The SMILES string of the molecule is CCS(=O)(=O)NC[C@H](c1ccco1)S(=O)(=O)c1ccc2c(c1)OCCO2. The smallest absolute Gasteiger partial charge is 0.211 e. The van der Waals surface area contributed by atoms with Crippen LogP contribution in [-0.2, 0) is 19.9 Å². The van der Waals surface area contributed by atoms with Crippen molar-refractivity contribution in [1.29, 1.82) is 0 Å². The lowest BCUT2D eigenvalue weighted by atomic mass is 10.3. The van der Waals surface area contributed by atoms with Gasteiger partial charge in [0, 0.05) is 12.6 Å². The Hall–Kier alpha value is -2.04. The number of nitrogens with one attached hydrogen (secondary N) is 1. The maximum atomic E-state index is 13.1. The number of furan rings is 1. The molecule has 1 aliphatic rings. The fourth-order valence-electron chi connectivity index (χ4n) is 2.51. The lowest BCUT2D eigenvalue weighted by Crippen LogP contribution is -2.32. The van der Waals surface area contributed by atoms with Gasteiger partial charge in [0.25, 0.3) is 0 Å². The summed E-state index contributed by atoms with van der Waals surface area (Å²) >= 11 is 0. The van der Waals surface area contributed by atoms with E-state index in [4.69, 9.17) is 13.9 Å². The third-order valence-corrected chi connectivity index (χ3v) is 7.37. The van der Waals surface area contributed by atoms with E-state index in [1.54, 1.807) is 6.07 Å². The summed E-state index contributed by atoms with van der Waals surface area (Å²) in [5.74, 6) is 0.807. The first kappa shape index (κ1) is 18.7. The van der Waals surface area contributed by atoms with Crippen LogP contribution in [0.5, 0.6) is 11.5 Å². The Kier molecular flexibility index (Phi) is 5.26. The van der Waals surface area contributed by atoms with E-state index in [9.17, 15) is 16.8 Å². The molecule has 0 bridgehead atoms. The van der Waals surface area contributed by atoms with Crippen LogP contribution in [0.4, 0.5) is 0 Å². The molecule has 0 amide bonds. The zero-order valence-electron chi connectivity index (χ0n) is 14.0. The van der Waals surface area contributed by atoms with Crippen LogP contribution in [-0.4, -0.2) is 42.3 Å². The van der Waals surface area contributed by atoms with E-state index in [1.807, 2.05) is 0 Å². The van der Waals surface area contributed by atoms with Gasteiger partial charge in [-0.1, -0.05) is 0 Å². The normalized spacial score (nSPS) is 15.6. The summed E-state index contributed by atoms with van der Waals surface area (Å²) in [6, 6.07) is 7.37. The molecule has 0 unspecified atom stereocenters. The standard InChI is InChI=1S/C16H19NO7S2/c1-2-25(18,19)17-11-16(14-4-3-7-22-14)26(20,21)12-5-6-13-15(10-12)24-9-8-23-13/h3-7,10,16-17H,2,8-9,11H2,1H3/t16-/m1/s1. The van der Waals surface area contributed by atoms with Crippen LogP contribution in [0, 0.1) is 0 Å². The van der Waals surface area contributed by atoms with Crippen molar-refractivity contribution in [3.63, 3.8) is 0 Å². The monoisotopic (exact) mass is 401 g/mol. The van der Waals surface area contributed by atoms with E-state index in [2.05, 4.69) is 4.72 Å². The van der Waals surface area contributed by atoms with Crippen molar-refractivity contribution in [3.05, 3.63) is 42.4 Å². The Morgan fingerprint density at radius 3 is 2.46 bits per heavy atom. The van der Waals surface area contributed by atoms with Crippen LogP contribution in [0.25, 0.3) is 0 Å². The minimum absolute atomic E-state index is 0.00107. The Balaban J connectivity index is 1.96. The van der Waals surface area contributed by atoms with Crippen molar-refractivity contribution in [1.82, 2.24) is 4.72 Å². The van der Waals surface area contributed by atoms with Crippen molar-refractivity contribution in [2.45, 2.75) is 17.1 Å². The van der Waals surface area contributed by atoms with Gasteiger partial charge >= 0.3 is 0 Å². The Morgan fingerprint density at radius 2 is 1.81 bits per heavy atom. The quantitative estimate of drug-likeness (QED) is 0.748. The molecule has 0 saturated heterocycles. The lowest BCUT2D eigenvalue weighted by molar-refractivity contribution is 0.171. The second-order valence-electron chi connectivity index (χ2n) is 5.61. The zero-order chi connectivity index (χ0) is 18.8. The third kappa shape index (κ3) is 3.87. The molecule has 142 valence electrons. The first-order valence-electron chi connectivity index (χ1n) is 7.98. The fraction of sp³-hybridized carbons (Fsp3) is 0.375. The van der Waals surface area contributed by atoms with Gasteiger partial charge in [-0.25, -0.2) is 21.6 Å². The number of sulfone groups is 1. The van der Waals surface area contributed by atoms with Gasteiger partial charge in [0.1, 0.15) is 24.2 Å². The molecule has 0 saturated carbocycles. The molecule has 0 spiro atoms. The van der Waals surface area contributed by atoms with Crippen molar-refractivity contribution in [2.75, 3.05) is 25.5 Å². The van der Waals surface area contributed by atoms with Gasteiger partial charge in [-0.05, 0) is 31.2 Å². The molecule has 3 rings (SSSR count). The average Bonchev–Trinajstić information content (AvgIpc) is 3.15. The molecule has 1 aromatic heterocycles. The van der Waals surface area contributed by atoms with E-state index in [1.165, 1.54) is 37.5 Å². The lowest BCUT2D eigenvalue weighted by Gasteiger charge is -2.20. The number of hydrogen-bond donors (Lipinski definition) is 1. The summed E-state index contributed by atoms with van der Waals surface area (Å²) < 4.78 is 68.2. The summed E-state index contributed by atoms with van der Waals surface area (Å²) in [5.41, 5.74) is 0. The topological polar surface area (TPSA) is 112 Å². The van der Waals surface area contributed by atoms with Gasteiger partial charge in [0.2, 0.25) is 10.0 Å². The number of fused-ring (bicyclic) bond motifs is 1. The average molecular weight is 401 g/mol. The van der Waals surface area contributed by atoms with Gasteiger partial charge in [0.05, 0.1) is 16.9 Å². The van der Waals surface area contributed by atoms with Crippen LogP contribution in [0.2, 0.25) is 0 Å². The first-order valence-corrected chi connectivity index (χ1v) is 11.2. The number of rotatable bonds is 7. The number of benzene rings is 1. The molecule has 1 aliphatic heterocycles. The van der Waals surface area contributed by atoms with Crippen molar-refractivity contribution in [2.24, 2.45) is 0 Å². The summed E-state index contributed by atoms with van der Waals surface area (Å²) in [5, 5.41) is -1.21.